The quantitative estimate of drug-likeness (QED) is 0.666. The normalized spacial score (nSPS) is 33.8. The number of carbonyl (C=O) groups is 3. The van der Waals surface area contributed by atoms with E-state index in [0.717, 1.165) is 55.2 Å². The zero-order valence-electron chi connectivity index (χ0n) is 16.6. The monoisotopic (exact) mass is 396 g/mol. The molecule has 2 aliphatic heterocycles. The van der Waals surface area contributed by atoms with Gasteiger partial charge in [-0.05, 0) is 56.1 Å². The molecule has 5 aliphatic rings. The van der Waals surface area contributed by atoms with E-state index in [2.05, 4.69) is 10.6 Å². The van der Waals surface area contributed by atoms with Crippen molar-refractivity contribution in [1.82, 2.24) is 15.5 Å². The standard InChI is InChI=1S/C22H28N4O3/c23-21-6-9-22(10-7-21,11-8-21)24-12-14-2-1-3-15-13-26(20(29)18(14)15)16-4-5-17(27)25-19(16)28/h1-3,16,24H,4-13,23H2,(H,25,27,28). The first kappa shape index (κ1) is 18.8. The molecule has 4 fully saturated rings. The van der Waals surface area contributed by atoms with E-state index in [9.17, 15) is 14.4 Å². The van der Waals surface area contributed by atoms with E-state index in [-0.39, 0.29) is 35.2 Å². The first-order valence-electron chi connectivity index (χ1n) is 10.7. The van der Waals surface area contributed by atoms with Gasteiger partial charge in [0.05, 0.1) is 0 Å². The Hall–Kier alpha value is -2.25. The van der Waals surface area contributed by atoms with Crippen molar-refractivity contribution in [3.05, 3.63) is 34.9 Å². The summed E-state index contributed by atoms with van der Waals surface area (Å²) in [5.74, 6) is -0.727. The molecule has 6 rings (SSSR count). The molecule has 0 spiro atoms. The highest BCUT2D eigenvalue weighted by Gasteiger charge is 2.46. The van der Waals surface area contributed by atoms with Gasteiger partial charge in [-0.2, -0.15) is 0 Å². The summed E-state index contributed by atoms with van der Waals surface area (Å²) in [5, 5.41) is 6.13. The Labute approximate surface area is 170 Å². The first-order valence-corrected chi connectivity index (χ1v) is 10.7. The maximum absolute atomic E-state index is 13.2. The second-order valence-electron chi connectivity index (χ2n) is 9.35. The van der Waals surface area contributed by atoms with Crippen LogP contribution in [0.1, 0.15) is 72.9 Å². The summed E-state index contributed by atoms with van der Waals surface area (Å²) in [6.45, 7) is 1.07. The molecule has 154 valence electrons. The lowest BCUT2D eigenvalue weighted by Gasteiger charge is -2.52. The van der Waals surface area contributed by atoms with Gasteiger partial charge in [0.2, 0.25) is 11.8 Å². The lowest BCUT2D eigenvalue weighted by atomic mass is 9.62. The van der Waals surface area contributed by atoms with Crippen molar-refractivity contribution in [3.63, 3.8) is 0 Å². The van der Waals surface area contributed by atoms with Gasteiger partial charge in [0.15, 0.2) is 0 Å². The Morgan fingerprint density at radius 3 is 2.52 bits per heavy atom. The summed E-state index contributed by atoms with van der Waals surface area (Å²) in [6.07, 6.45) is 7.13. The molecule has 1 saturated heterocycles. The van der Waals surface area contributed by atoms with Crippen LogP contribution in [0.3, 0.4) is 0 Å². The molecule has 3 saturated carbocycles. The van der Waals surface area contributed by atoms with Crippen LogP contribution in [-0.4, -0.2) is 39.7 Å². The van der Waals surface area contributed by atoms with Gasteiger partial charge >= 0.3 is 0 Å². The molecule has 0 radical (unpaired) electrons. The van der Waals surface area contributed by atoms with Crippen molar-refractivity contribution in [2.75, 3.05) is 0 Å². The number of imide groups is 1. The molecule has 2 heterocycles. The van der Waals surface area contributed by atoms with Crippen LogP contribution >= 0.6 is 0 Å². The summed E-state index contributed by atoms with van der Waals surface area (Å²) in [7, 11) is 0. The SMILES string of the molecule is NC12CCC(NCc3cccc4c3C(=O)N(C3CCC(=O)NC3=O)C4)(CC1)CC2. The molecule has 1 atom stereocenters. The summed E-state index contributed by atoms with van der Waals surface area (Å²) < 4.78 is 0. The first-order chi connectivity index (χ1) is 13.9. The van der Waals surface area contributed by atoms with Crippen molar-refractivity contribution >= 4 is 17.7 Å². The van der Waals surface area contributed by atoms with Crippen LogP contribution in [0.5, 0.6) is 0 Å². The molecule has 1 aromatic carbocycles. The van der Waals surface area contributed by atoms with E-state index in [4.69, 9.17) is 5.73 Å². The van der Waals surface area contributed by atoms with E-state index in [1.807, 2.05) is 18.2 Å². The van der Waals surface area contributed by atoms with E-state index in [1.165, 1.54) is 0 Å². The van der Waals surface area contributed by atoms with E-state index < -0.39 is 6.04 Å². The van der Waals surface area contributed by atoms with Crippen LogP contribution in [0, 0.1) is 0 Å². The van der Waals surface area contributed by atoms with Crippen LogP contribution in [0.25, 0.3) is 0 Å². The smallest absolute Gasteiger partial charge is 0.255 e. The molecule has 2 bridgehead atoms. The van der Waals surface area contributed by atoms with Gasteiger partial charge in [-0.3, -0.25) is 19.7 Å². The van der Waals surface area contributed by atoms with Crippen molar-refractivity contribution < 1.29 is 14.4 Å². The van der Waals surface area contributed by atoms with Gasteiger partial charge < -0.3 is 16.0 Å². The fraction of sp³-hybridized carbons (Fsp3) is 0.591. The maximum Gasteiger partial charge on any atom is 0.255 e. The zero-order chi connectivity index (χ0) is 20.2. The van der Waals surface area contributed by atoms with Crippen LogP contribution in [-0.2, 0) is 22.7 Å². The molecule has 0 aromatic heterocycles. The molecule has 4 N–H and O–H groups in total. The molecule has 1 unspecified atom stereocenters. The predicted molar refractivity (Wildman–Crippen MR) is 107 cm³/mol. The number of benzene rings is 1. The van der Waals surface area contributed by atoms with E-state index >= 15 is 0 Å². The molecule has 7 nitrogen and oxygen atoms in total. The van der Waals surface area contributed by atoms with Gasteiger partial charge in [-0.15, -0.1) is 0 Å². The average Bonchev–Trinajstić information content (AvgIpc) is 3.05. The van der Waals surface area contributed by atoms with Gasteiger partial charge in [0.1, 0.15) is 6.04 Å². The third-order valence-electron chi connectivity index (χ3n) is 7.60. The third-order valence-corrected chi connectivity index (χ3v) is 7.60. The lowest BCUT2D eigenvalue weighted by Crippen LogP contribution is -2.60. The summed E-state index contributed by atoms with van der Waals surface area (Å²) >= 11 is 0. The molecule has 1 aromatic rings. The predicted octanol–water partition coefficient (Wildman–Crippen LogP) is 1.34. The zero-order valence-corrected chi connectivity index (χ0v) is 16.6. The Kier molecular flexibility index (Phi) is 4.29. The van der Waals surface area contributed by atoms with Gasteiger partial charge in [0, 0.05) is 36.2 Å². The van der Waals surface area contributed by atoms with Crippen LogP contribution in [0.2, 0.25) is 0 Å². The number of nitrogens with zero attached hydrogens (tertiary/aromatic N) is 1. The number of nitrogens with one attached hydrogen (secondary N) is 2. The number of rotatable bonds is 4. The van der Waals surface area contributed by atoms with Crippen molar-refractivity contribution in [2.24, 2.45) is 5.73 Å². The molecule has 7 heteroatoms. The number of amides is 3. The topological polar surface area (TPSA) is 105 Å². The van der Waals surface area contributed by atoms with Gasteiger partial charge in [-0.1, -0.05) is 18.2 Å². The van der Waals surface area contributed by atoms with Gasteiger partial charge in [0.25, 0.3) is 5.91 Å². The highest BCUT2D eigenvalue weighted by Crippen LogP contribution is 2.45. The largest absolute Gasteiger partial charge is 0.325 e. The third kappa shape index (κ3) is 3.16. The minimum absolute atomic E-state index is 0.0375. The fourth-order valence-electron chi connectivity index (χ4n) is 5.60. The van der Waals surface area contributed by atoms with Gasteiger partial charge in [-0.25, -0.2) is 0 Å². The molecular weight excluding hydrogens is 368 g/mol. The van der Waals surface area contributed by atoms with Crippen molar-refractivity contribution in [2.45, 2.75) is 81.6 Å². The Morgan fingerprint density at radius 2 is 1.83 bits per heavy atom. The minimum atomic E-state index is -0.568. The molecule has 29 heavy (non-hydrogen) atoms. The Bertz CT molecular complexity index is 872. The number of carbonyl (C=O) groups excluding carboxylic acids is 3. The highest BCUT2D eigenvalue weighted by molar-refractivity contribution is 6.05. The second-order valence-corrected chi connectivity index (χ2v) is 9.35. The summed E-state index contributed by atoms with van der Waals surface area (Å²) in [5.41, 5.74) is 9.28. The maximum atomic E-state index is 13.2. The minimum Gasteiger partial charge on any atom is -0.325 e. The molecular formula is C22H28N4O3. The van der Waals surface area contributed by atoms with Crippen LogP contribution in [0.15, 0.2) is 18.2 Å². The van der Waals surface area contributed by atoms with Crippen molar-refractivity contribution in [3.8, 4) is 0 Å². The van der Waals surface area contributed by atoms with E-state index in [1.54, 1.807) is 4.90 Å². The van der Waals surface area contributed by atoms with Crippen molar-refractivity contribution in [1.29, 1.82) is 0 Å². The fourth-order valence-corrected chi connectivity index (χ4v) is 5.60. The number of hydrogen-bond acceptors (Lipinski definition) is 5. The summed E-state index contributed by atoms with van der Waals surface area (Å²) in [4.78, 5) is 38.6. The number of fused-ring (bicyclic) bond motifs is 4. The Morgan fingerprint density at radius 1 is 1.10 bits per heavy atom. The number of hydrogen-bond donors (Lipinski definition) is 3. The Balaban J connectivity index is 1.33. The van der Waals surface area contributed by atoms with Crippen LogP contribution < -0.4 is 16.4 Å². The summed E-state index contributed by atoms with van der Waals surface area (Å²) in [6, 6.07) is 5.39. The number of nitrogens with two attached hydrogens (primary N) is 1. The lowest BCUT2D eigenvalue weighted by molar-refractivity contribution is -0.136. The highest BCUT2D eigenvalue weighted by atomic mass is 16.2. The average molecular weight is 396 g/mol. The molecule has 3 amide bonds. The van der Waals surface area contributed by atoms with Crippen LogP contribution in [0.4, 0.5) is 0 Å². The second kappa shape index (κ2) is 6.64. The number of piperidine rings is 1. The molecule has 3 aliphatic carbocycles. The van der Waals surface area contributed by atoms with E-state index in [0.29, 0.717) is 19.5 Å².